The standard InChI is InChI=1S/C31H36N2O3/c1-32(2)30(35)31(26-11-5-3-6-12-26,27-13-7-4-8-14-27)19-22-33-20-17-25(18-21-33)28-15-9-10-16-29(28)36-24-23-34/h3-17,34H,18-24H2,1-2H3. The first-order valence-electron chi connectivity index (χ1n) is 12.6. The minimum atomic E-state index is -0.749. The Labute approximate surface area is 214 Å². The number of carbonyl (C=O) groups is 1. The third kappa shape index (κ3) is 5.53. The molecule has 3 aromatic carbocycles. The smallest absolute Gasteiger partial charge is 0.237 e. The van der Waals surface area contributed by atoms with Crippen LogP contribution in [0.1, 0.15) is 29.5 Å². The zero-order valence-electron chi connectivity index (χ0n) is 21.3. The highest BCUT2D eigenvalue weighted by Gasteiger charge is 2.43. The minimum absolute atomic E-state index is 0.00257. The Morgan fingerprint density at radius 2 is 1.56 bits per heavy atom. The van der Waals surface area contributed by atoms with Crippen molar-refractivity contribution in [3.05, 3.63) is 108 Å². The molecule has 0 radical (unpaired) electrons. The number of hydrogen-bond donors (Lipinski definition) is 1. The molecule has 0 unspecified atom stereocenters. The van der Waals surface area contributed by atoms with E-state index >= 15 is 0 Å². The van der Waals surface area contributed by atoms with Gasteiger partial charge >= 0.3 is 0 Å². The van der Waals surface area contributed by atoms with Gasteiger partial charge in [0.15, 0.2) is 0 Å². The van der Waals surface area contributed by atoms with Crippen LogP contribution >= 0.6 is 0 Å². The topological polar surface area (TPSA) is 53.0 Å². The summed E-state index contributed by atoms with van der Waals surface area (Å²) >= 11 is 0. The molecule has 1 heterocycles. The van der Waals surface area contributed by atoms with Gasteiger partial charge in [0.25, 0.3) is 0 Å². The number of aliphatic hydroxyl groups is 1. The third-order valence-electron chi connectivity index (χ3n) is 6.98. The number of benzene rings is 3. The van der Waals surface area contributed by atoms with Crippen molar-refractivity contribution >= 4 is 11.5 Å². The second kappa shape index (κ2) is 12.0. The summed E-state index contributed by atoms with van der Waals surface area (Å²) in [6, 6.07) is 28.4. The van der Waals surface area contributed by atoms with E-state index in [1.54, 1.807) is 4.90 Å². The molecule has 0 saturated carbocycles. The van der Waals surface area contributed by atoms with Crippen LogP contribution < -0.4 is 4.74 Å². The second-order valence-electron chi connectivity index (χ2n) is 9.44. The first-order valence-corrected chi connectivity index (χ1v) is 12.6. The van der Waals surface area contributed by atoms with Gasteiger partial charge < -0.3 is 14.7 Å². The van der Waals surface area contributed by atoms with Crippen LogP contribution in [0.4, 0.5) is 0 Å². The number of aliphatic hydroxyl groups excluding tert-OH is 1. The number of carbonyl (C=O) groups excluding carboxylic acids is 1. The fourth-order valence-electron chi connectivity index (χ4n) is 5.13. The molecule has 1 aliphatic heterocycles. The highest BCUT2D eigenvalue weighted by atomic mass is 16.5. The van der Waals surface area contributed by atoms with Gasteiger partial charge in [0, 0.05) is 39.3 Å². The molecule has 0 saturated heterocycles. The lowest BCUT2D eigenvalue weighted by Crippen LogP contribution is -2.47. The maximum atomic E-state index is 13.9. The van der Waals surface area contributed by atoms with Crippen molar-refractivity contribution in [3.8, 4) is 5.75 Å². The van der Waals surface area contributed by atoms with Crippen LogP contribution in [0, 0.1) is 0 Å². The van der Waals surface area contributed by atoms with E-state index in [2.05, 4.69) is 41.3 Å². The lowest BCUT2D eigenvalue weighted by atomic mass is 9.70. The number of ether oxygens (including phenoxy) is 1. The summed E-state index contributed by atoms with van der Waals surface area (Å²) in [4.78, 5) is 18.0. The normalized spacial score (nSPS) is 14.2. The molecular weight excluding hydrogens is 448 g/mol. The van der Waals surface area contributed by atoms with E-state index in [0.717, 1.165) is 48.5 Å². The zero-order valence-corrected chi connectivity index (χ0v) is 21.3. The van der Waals surface area contributed by atoms with E-state index in [4.69, 9.17) is 9.84 Å². The van der Waals surface area contributed by atoms with Gasteiger partial charge in [-0.15, -0.1) is 0 Å². The van der Waals surface area contributed by atoms with Crippen molar-refractivity contribution < 1.29 is 14.6 Å². The van der Waals surface area contributed by atoms with Crippen LogP contribution in [0.5, 0.6) is 5.75 Å². The molecule has 3 aromatic rings. The van der Waals surface area contributed by atoms with Gasteiger partial charge in [0.2, 0.25) is 5.91 Å². The van der Waals surface area contributed by atoms with Gasteiger partial charge in [0.05, 0.1) is 6.61 Å². The first kappa shape index (κ1) is 25.7. The lowest BCUT2D eigenvalue weighted by Gasteiger charge is -2.38. The van der Waals surface area contributed by atoms with E-state index in [1.807, 2.05) is 68.7 Å². The number of likely N-dealkylation sites (N-methyl/N-ethyl adjacent to an activating group) is 1. The van der Waals surface area contributed by atoms with Crippen LogP contribution in [-0.4, -0.2) is 67.8 Å². The van der Waals surface area contributed by atoms with Crippen molar-refractivity contribution in [3.63, 3.8) is 0 Å². The molecule has 188 valence electrons. The molecule has 36 heavy (non-hydrogen) atoms. The molecule has 0 bridgehead atoms. The van der Waals surface area contributed by atoms with Crippen molar-refractivity contribution in [2.24, 2.45) is 0 Å². The Morgan fingerprint density at radius 3 is 2.11 bits per heavy atom. The summed E-state index contributed by atoms with van der Waals surface area (Å²) in [7, 11) is 3.68. The highest BCUT2D eigenvalue weighted by molar-refractivity contribution is 5.92. The Morgan fingerprint density at radius 1 is 0.944 bits per heavy atom. The first-order chi connectivity index (χ1) is 17.6. The number of hydrogen-bond acceptors (Lipinski definition) is 4. The highest BCUT2D eigenvalue weighted by Crippen LogP contribution is 2.38. The molecule has 1 amide bonds. The number of rotatable bonds is 10. The summed E-state index contributed by atoms with van der Waals surface area (Å²) in [5.74, 6) is 0.915. The van der Waals surface area contributed by atoms with Crippen LogP contribution in [0.25, 0.3) is 5.57 Å². The summed E-state index contributed by atoms with van der Waals surface area (Å²) in [5.41, 5.74) is 3.66. The molecule has 0 aliphatic carbocycles. The predicted molar refractivity (Wildman–Crippen MR) is 145 cm³/mol. The summed E-state index contributed by atoms with van der Waals surface area (Å²) < 4.78 is 5.76. The molecular formula is C31H36N2O3. The quantitative estimate of drug-likeness (QED) is 0.457. The van der Waals surface area contributed by atoms with Gasteiger partial charge in [-0.25, -0.2) is 0 Å². The zero-order chi connectivity index (χ0) is 25.4. The number of amides is 1. The molecule has 5 heteroatoms. The van der Waals surface area contributed by atoms with Gasteiger partial charge in [-0.1, -0.05) is 84.9 Å². The van der Waals surface area contributed by atoms with E-state index in [0.29, 0.717) is 6.42 Å². The molecule has 0 aromatic heterocycles. The molecule has 1 N–H and O–H groups in total. The van der Waals surface area contributed by atoms with E-state index in [9.17, 15) is 4.79 Å². The molecule has 5 nitrogen and oxygen atoms in total. The Hall–Kier alpha value is -3.41. The van der Waals surface area contributed by atoms with E-state index in [1.165, 1.54) is 5.57 Å². The SMILES string of the molecule is CN(C)C(=O)C(CCN1CC=C(c2ccccc2OCCO)CC1)(c1ccccc1)c1ccccc1. The predicted octanol–water partition coefficient (Wildman–Crippen LogP) is 4.61. The van der Waals surface area contributed by atoms with Crippen LogP contribution in [0.3, 0.4) is 0 Å². The third-order valence-corrected chi connectivity index (χ3v) is 6.98. The Bertz CT molecular complexity index is 1120. The maximum Gasteiger partial charge on any atom is 0.237 e. The fourth-order valence-corrected chi connectivity index (χ4v) is 5.13. The Kier molecular flexibility index (Phi) is 8.57. The minimum Gasteiger partial charge on any atom is -0.491 e. The van der Waals surface area contributed by atoms with Crippen LogP contribution in [-0.2, 0) is 10.2 Å². The Balaban J connectivity index is 1.58. The van der Waals surface area contributed by atoms with Crippen molar-refractivity contribution in [1.29, 1.82) is 0 Å². The molecule has 0 atom stereocenters. The van der Waals surface area contributed by atoms with Crippen molar-refractivity contribution in [2.45, 2.75) is 18.3 Å². The van der Waals surface area contributed by atoms with Gasteiger partial charge in [0.1, 0.15) is 17.8 Å². The van der Waals surface area contributed by atoms with Crippen LogP contribution in [0.15, 0.2) is 91.0 Å². The second-order valence-corrected chi connectivity index (χ2v) is 9.44. The molecule has 0 fully saturated rings. The average Bonchev–Trinajstić information content (AvgIpc) is 2.94. The van der Waals surface area contributed by atoms with Gasteiger partial charge in [-0.3, -0.25) is 9.69 Å². The fraction of sp³-hybridized carbons (Fsp3) is 0.323. The van der Waals surface area contributed by atoms with Crippen LogP contribution in [0.2, 0.25) is 0 Å². The molecule has 4 rings (SSSR count). The van der Waals surface area contributed by atoms with Gasteiger partial charge in [-0.05, 0) is 35.6 Å². The van der Waals surface area contributed by atoms with Crippen molar-refractivity contribution in [1.82, 2.24) is 9.80 Å². The number of para-hydroxylation sites is 1. The lowest BCUT2D eigenvalue weighted by molar-refractivity contribution is -0.133. The van der Waals surface area contributed by atoms with Gasteiger partial charge in [-0.2, -0.15) is 0 Å². The molecule has 0 spiro atoms. The van der Waals surface area contributed by atoms with E-state index < -0.39 is 5.41 Å². The largest absolute Gasteiger partial charge is 0.491 e. The summed E-state index contributed by atoms with van der Waals surface area (Å²) in [5, 5.41) is 9.15. The van der Waals surface area contributed by atoms with E-state index in [-0.39, 0.29) is 19.1 Å². The maximum absolute atomic E-state index is 13.9. The monoisotopic (exact) mass is 484 g/mol. The molecule has 1 aliphatic rings. The van der Waals surface area contributed by atoms with Crippen molar-refractivity contribution in [2.75, 3.05) is 46.9 Å². The summed E-state index contributed by atoms with van der Waals surface area (Å²) in [6.45, 7) is 2.82. The summed E-state index contributed by atoms with van der Waals surface area (Å²) in [6.07, 6.45) is 3.87. The number of nitrogens with zero attached hydrogens (tertiary/aromatic N) is 2. The average molecular weight is 485 g/mol.